The zero-order valence-electron chi connectivity index (χ0n) is 11.9. The molecule has 1 saturated carbocycles. The molecule has 1 aliphatic carbocycles. The van der Waals surface area contributed by atoms with Crippen LogP contribution < -0.4 is 5.32 Å². The van der Waals surface area contributed by atoms with Crippen LogP contribution in [-0.4, -0.2) is 27.6 Å². The number of carboxylic acid groups (broad SMARTS) is 1. The highest BCUT2D eigenvalue weighted by Crippen LogP contribution is 2.36. The Labute approximate surface area is 123 Å². The van der Waals surface area contributed by atoms with Crippen molar-refractivity contribution in [3.63, 3.8) is 0 Å². The van der Waals surface area contributed by atoms with E-state index in [0.29, 0.717) is 12.5 Å². The van der Waals surface area contributed by atoms with Crippen molar-refractivity contribution < 1.29 is 9.90 Å². The highest BCUT2D eigenvalue weighted by Gasteiger charge is 2.39. The molecule has 0 unspecified atom stereocenters. The summed E-state index contributed by atoms with van der Waals surface area (Å²) in [5.41, 5.74) is 0.191. The number of nitrogens with zero attached hydrogens (tertiary/aromatic N) is 2. The summed E-state index contributed by atoms with van der Waals surface area (Å²) in [6, 6.07) is 7.76. The first-order valence-electron chi connectivity index (χ1n) is 7.39. The predicted molar refractivity (Wildman–Crippen MR) is 81.2 cm³/mol. The molecular weight excluding hydrogens is 266 g/mol. The number of aromatic nitrogens is 2. The second kappa shape index (κ2) is 5.68. The Kier molecular flexibility index (Phi) is 3.73. The zero-order valence-corrected chi connectivity index (χ0v) is 11.9. The van der Waals surface area contributed by atoms with E-state index in [2.05, 4.69) is 15.3 Å². The van der Waals surface area contributed by atoms with E-state index in [9.17, 15) is 9.90 Å². The molecule has 1 heterocycles. The second-order valence-corrected chi connectivity index (χ2v) is 5.75. The van der Waals surface area contributed by atoms with Gasteiger partial charge in [0.25, 0.3) is 0 Å². The first-order valence-corrected chi connectivity index (χ1v) is 7.39. The van der Waals surface area contributed by atoms with Gasteiger partial charge in [-0.2, -0.15) is 0 Å². The Morgan fingerprint density at radius 1 is 1.24 bits per heavy atom. The third kappa shape index (κ3) is 2.82. The number of nitrogens with one attached hydrogen (secondary N) is 1. The average molecular weight is 285 g/mol. The van der Waals surface area contributed by atoms with Gasteiger partial charge < -0.3 is 10.4 Å². The molecule has 0 bridgehead atoms. The van der Waals surface area contributed by atoms with Crippen molar-refractivity contribution in [2.45, 2.75) is 32.1 Å². The molecule has 0 spiro atoms. The lowest BCUT2D eigenvalue weighted by molar-refractivity contribution is -0.150. The summed E-state index contributed by atoms with van der Waals surface area (Å²) in [7, 11) is 0. The van der Waals surface area contributed by atoms with Crippen molar-refractivity contribution in [1.82, 2.24) is 9.97 Å². The van der Waals surface area contributed by atoms with Crippen LogP contribution in [0.5, 0.6) is 0 Å². The van der Waals surface area contributed by atoms with Crippen LogP contribution in [0.15, 0.2) is 30.5 Å². The minimum atomic E-state index is -0.713. The first kappa shape index (κ1) is 13.8. The largest absolute Gasteiger partial charge is 0.481 e. The van der Waals surface area contributed by atoms with E-state index < -0.39 is 11.4 Å². The van der Waals surface area contributed by atoms with Crippen molar-refractivity contribution in [1.29, 1.82) is 0 Å². The molecule has 5 nitrogen and oxygen atoms in total. The molecule has 0 radical (unpaired) electrons. The predicted octanol–water partition coefficient (Wildman–Crippen LogP) is 3.08. The van der Waals surface area contributed by atoms with E-state index in [-0.39, 0.29) is 0 Å². The summed E-state index contributed by atoms with van der Waals surface area (Å²) < 4.78 is 0. The number of fused-ring (bicyclic) bond motifs is 1. The van der Waals surface area contributed by atoms with E-state index >= 15 is 0 Å². The third-order valence-corrected chi connectivity index (χ3v) is 4.34. The standard InChI is InChI=1S/C16H19N3O2/c20-14(21)16(8-4-1-5-9-16)11-18-15-17-10-12-6-2-3-7-13(12)19-15/h2-3,6-7,10H,1,4-5,8-9,11H2,(H,20,21)(H,17,18,19). The molecule has 1 aromatic heterocycles. The van der Waals surface area contributed by atoms with Crippen LogP contribution in [0.1, 0.15) is 32.1 Å². The van der Waals surface area contributed by atoms with Gasteiger partial charge in [-0.3, -0.25) is 4.79 Å². The SMILES string of the molecule is O=C(O)C1(CNc2ncc3ccccc3n2)CCCCC1. The Balaban J connectivity index is 1.76. The van der Waals surface area contributed by atoms with Gasteiger partial charge in [-0.25, -0.2) is 9.97 Å². The van der Waals surface area contributed by atoms with Gasteiger partial charge in [-0.05, 0) is 18.9 Å². The smallest absolute Gasteiger partial charge is 0.311 e. The van der Waals surface area contributed by atoms with Crippen LogP contribution in [0.2, 0.25) is 0 Å². The maximum absolute atomic E-state index is 11.6. The van der Waals surface area contributed by atoms with Gasteiger partial charge in [0, 0.05) is 18.1 Å². The molecule has 1 fully saturated rings. The highest BCUT2D eigenvalue weighted by molar-refractivity contribution is 5.78. The maximum atomic E-state index is 11.6. The molecule has 1 aromatic carbocycles. The summed E-state index contributed by atoms with van der Waals surface area (Å²) in [4.78, 5) is 20.3. The van der Waals surface area contributed by atoms with Gasteiger partial charge in [0.15, 0.2) is 0 Å². The quantitative estimate of drug-likeness (QED) is 0.903. The molecule has 5 heteroatoms. The van der Waals surface area contributed by atoms with Crippen LogP contribution in [-0.2, 0) is 4.79 Å². The second-order valence-electron chi connectivity index (χ2n) is 5.75. The van der Waals surface area contributed by atoms with Crippen molar-refractivity contribution >= 4 is 22.8 Å². The number of anilines is 1. The summed E-state index contributed by atoms with van der Waals surface area (Å²) in [5.74, 6) is -0.213. The number of carboxylic acids is 1. The molecule has 2 aromatic rings. The molecule has 0 saturated heterocycles. The lowest BCUT2D eigenvalue weighted by Crippen LogP contribution is -2.39. The average Bonchev–Trinajstić information content (AvgIpc) is 2.53. The third-order valence-electron chi connectivity index (χ3n) is 4.34. The molecule has 3 rings (SSSR count). The fourth-order valence-corrected chi connectivity index (χ4v) is 3.00. The van der Waals surface area contributed by atoms with Gasteiger partial charge >= 0.3 is 5.97 Å². The van der Waals surface area contributed by atoms with Gasteiger partial charge in [0.2, 0.25) is 5.95 Å². The van der Waals surface area contributed by atoms with Gasteiger partial charge in [0.05, 0.1) is 10.9 Å². The maximum Gasteiger partial charge on any atom is 0.311 e. The summed E-state index contributed by atoms with van der Waals surface area (Å²) in [6.07, 6.45) is 6.30. The van der Waals surface area contributed by atoms with Crippen LogP contribution in [0.25, 0.3) is 10.9 Å². The van der Waals surface area contributed by atoms with E-state index in [1.165, 1.54) is 0 Å². The van der Waals surface area contributed by atoms with Crippen molar-refractivity contribution in [3.05, 3.63) is 30.5 Å². The van der Waals surface area contributed by atoms with Crippen LogP contribution in [0.4, 0.5) is 5.95 Å². The Morgan fingerprint density at radius 2 is 2.00 bits per heavy atom. The lowest BCUT2D eigenvalue weighted by Gasteiger charge is -2.33. The summed E-state index contributed by atoms with van der Waals surface area (Å²) in [6.45, 7) is 0.390. The Morgan fingerprint density at radius 3 is 2.76 bits per heavy atom. The number of aliphatic carboxylic acids is 1. The molecule has 0 amide bonds. The van der Waals surface area contributed by atoms with E-state index in [1.807, 2.05) is 24.3 Å². The van der Waals surface area contributed by atoms with E-state index in [4.69, 9.17) is 0 Å². The zero-order chi connectivity index (χ0) is 14.7. The summed E-state index contributed by atoms with van der Waals surface area (Å²) >= 11 is 0. The monoisotopic (exact) mass is 285 g/mol. The number of carbonyl (C=O) groups is 1. The number of hydrogen-bond acceptors (Lipinski definition) is 4. The number of para-hydroxylation sites is 1. The minimum absolute atomic E-state index is 0.390. The van der Waals surface area contributed by atoms with E-state index in [0.717, 1.165) is 43.0 Å². The number of rotatable bonds is 4. The van der Waals surface area contributed by atoms with E-state index in [1.54, 1.807) is 6.20 Å². The highest BCUT2D eigenvalue weighted by atomic mass is 16.4. The molecular formula is C16H19N3O2. The topological polar surface area (TPSA) is 75.1 Å². The number of hydrogen-bond donors (Lipinski definition) is 2. The first-order chi connectivity index (χ1) is 10.2. The molecule has 1 aliphatic rings. The van der Waals surface area contributed by atoms with Crippen molar-refractivity contribution in [3.8, 4) is 0 Å². The fourth-order valence-electron chi connectivity index (χ4n) is 3.00. The molecule has 110 valence electrons. The summed E-state index contributed by atoms with van der Waals surface area (Å²) in [5, 5.41) is 13.7. The Bertz CT molecular complexity index is 651. The van der Waals surface area contributed by atoms with Gasteiger partial charge in [-0.1, -0.05) is 37.5 Å². The van der Waals surface area contributed by atoms with Gasteiger partial charge in [0.1, 0.15) is 0 Å². The molecule has 0 aliphatic heterocycles. The van der Waals surface area contributed by atoms with Crippen LogP contribution >= 0.6 is 0 Å². The molecule has 0 atom stereocenters. The molecule has 2 N–H and O–H groups in total. The van der Waals surface area contributed by atoms with Crippen LogP contribution in [0, 0.1) is 5.41 Å². The van der Waals surface area contributed by atoms with Gasteiger partial charge in [-0.15, -0.1) is 0 Å². The Hall–Kier alpha value is -2.17. The molecule has 21 heavy (non-hydrogen) atoms. The van der Waals surface area contributed by atoms with Crippen molar-refractivity contribution in [2.24, 2.45) is 5.41 Å². The fraction of sp³-hybridized carbons (Fsp3) is 0.438. The van der Waals surface area contributed by atoms with Crippen molar-refractivity contribution in [2.75, 3.05) is 11.9 Å². The lowest BCUT2D eigenvalue weighted by atomic mass is 9.74. The van der Waals surface area contributed by atoms with Crippen LogP contribution in [0.3, 0.4) is 0 Å². The normalized spacial score (nSPS) is 17.5. The minimum Gasteiger partial charge on any atom is -0.481 e. The number of benzene rings is 1.